The lowest BCUT2D eigenvalue weighted by Crippen LogP contribution is -2.25. The Morgan fingerprint density at radius 3 is 2.62 bits per heavy atom. The van der Waals surface area contributed by atoms with E-state index in [1.165, 1.54) is 12.3 Å². The Kier molecular flexibility index (Phi) is 5.68. The van der Waals surface area contributed by atoms with E-state index in [4.69, 9.17) is 0 Å². The minimum atomic E-state index is -0.382. The molecular formula is C15H13FIN3O. The van der Waals surface area contributed by atoms with Crippen LogP contribution in [0.1, 0.15) is 5.56 Å². The minimum Gasteiger partial charge on any atom is -0.376 e. The molecule has 2 rings (SSSR count). The number of hydrogen-bond donors (Lipinski definition) is 2. The molecule has 0 spiro atoms. The molecule has 0 atom stereocenters. The smallest absolute Gasteiger partial charge is 0.259 e. The van der Waals surface area contributed by atoms with Crippen LogP contribution in [0.15, 0.2) is 53.6 Å². The van der Waals surface area contributed by atoms with Gasteiger partial charge in [0.1, 0.15) is 5.82 Å². The van der Waals surface area contributed by atoms with Crippen molar-refractivity contribution in [3.63, 3.8) is 0 Å². The van der Waals surface area contributed by atoms with Gasteiger partial charge in [0.15, 0.2) is 0 Å². The molecule has 0 aliphatic rings. The van der Waals surface area contributed by atoms with Gasteiger partial charge in [-0.15, -0.1) is 0 Å². The molecule has 108 valence electrons. The molecule has 0 radical (unpaired) electrons. The molecule has 0 aliphatic carbocycles. The summed E-state index contributed by atoms with van der Waals surface area (Å²) in [5.41, 5.74) is 3.51. The van der Waals surface area contributed by atoms with Gasteiger partial charge in [0, 0.05) is 14.8 Å². The maximum Gasteiger partial charge on any atom is 0.259 e. The standard InChI is InChI=1S/C15H13FIN3O/c16-14-4-2-1-3-11(14)9-19-20-15(21)10-18-13-7-5-12(17)6-8-13/h1-9,18H,10H2,(H,20,21). The molecule has 21 heavy (non-hydrogen) atoms. The zero-order valence-electron chi connectivity index (χ0n) is 11.0. The van der Waals surface area contributed by atoms with Gasteiger partial charge in [-0.2, -0.15) is 5.10 Å². The van der Waals surface area contributed by atoms with Crippen LogP contribution in [0.2, 0.25) is 0 Å². The molecule has 0 bridgehead atoms. The van der Waals surface area contributed by atoms with Crippen molar-refractivity contribution in [2.45, 2.75) is 0 Å². The van der Waals surface area contributed by atoms with Crippen molar-refractivity contribution in [2.24, 2.45) is 5.10 Å². The maximum atomic E-state index is 13.3. The van der Waals surface area contributed by atoms with Crippen LogP contribution in [0.5, 0.6) is 0 Å². The fraction of sp³-hybridized carbons (Fsp3) is 0.0667. The second-order valence-corrected chi connectivity index (χ2v) is 5.42. The lowest BCUT2D eigenvalue weighted by Gasteiger charge is -2.05. The van der Waals surface area contributed by atoms with Crippen molar-refractivity contribution < 1.29 is 9.18 Å². The SMILES string of the molecule is O=C(CNc1ccc(I)cc1)NN=Cc1ccccc1F. The number of nitrogens with zero attached hydrogens (tertiary/aromatic N) is 1. The lowest BCUT2D eigenvalue weighted by atomic mass is 10.2. The van der Waals surface area contributed by atoms with Gasteiger partial charge < -0.3 is 5.32 Å². The number of hydrogen-bond acceptors (Lipinski definition) is 3. The number of carbonyl (C=O) groups is 1. The van der Waals surface area contributed by atoms with Crippen LogP contribution in [-0.4, -0.2) is 18.7 Å². The first-order valence-corrected chi connectivity index (χ1v) is 7.29. The van der Waals surface area contributed by atoms with E-state index >= 15 is 0 Å². The van der Waals surface area contributed by atoms with E-state index in [1.54, 1.807) is 18.2 Å². The Morgan fingerprint density at radius 2 is 1.90 bits per heavy atom. The van der Waals surface area contributed by atoms with Gasteiger partial charge >= 0.3 is 0 Å². The zero-order valence-corrected chi connectivity index (χ0v) is 13.2. The van der Waals surface area contributed by atoms with Gasteiger partial charge in [-0.3, -0.25) is 4.79 Å². The van der Waals surface area contributed by atoms with E-state index in [-0.39, 0.29) is 18.3 Å². The van der Waals surface area contributed by atoms with E-state index in [9.17, 15) is 9.18 Å². The van der Waals surface area contributed by atoms with Crippen molar-refractivity contribution in [3.05, 3.63) is 63.5 Å². The first kappa shape index (κ1) is 15.4. The van der Waals surface area contributed by atoms with Gasteiger partial charge in [0.05, 0.1) is 12.8 Å². The molecular weight excluding hydrogens is 384 g/mol. The third kappa shape index (κ3) is 5.14. The number of anilines is 1. The summed E-state index contributed by atoms with van der Waals surface area (Å²) in [6.45, 7) is 0.0925. The number of benzene rings is 2. The molecule has 0 aromatic heterocycles. The van der Waals surface area contributed by atoms with Crippen molar-refractivity contribution >= 4 is 40.4 Å². The Morgan fingerprint density at radius 1 is 1.19 bits per heavy atom. The highest BCUT2D eigenvalue weighted by Gasteiger charge is 2.00. The molecule has 0 saturated heterocycles. The average Bonchev–Trinajstić information content (AvgIpc) is 2.49. The highest BCUT2D eigenvalue weighted by molar-refractivity contribution is 14.1. The minimum absolute atomic E-state index is 0.0925. The van der Waals surface area contributed by atoms with Gasteiger partial charge in [-0.25, -0.2) is 9.82 Å². The van der Waals surface area contributed by atoms with E-state index < -0.39 is 0 Å². The summed E-state index contributed by atoms with van der Waals surface area (Å²) >= 11 is 2.21. The van der Waals surface area contributed by atoms with Crippen LogP contribution >= 0.6 is 22.6 Å². The zero-order chi connectivity index (χ0) is 15.1. The van der Waals surface area contributed by atoms with Gasteiger partial charge in [0.2, 0.25) is 0 Å². The molecule has 0 heterocycles. The highest BCUT2D eigenvalue weighted by atomic mass is 127. The Balaban J connectivity index is 1.80. The van der Waals surface area contributed by atoms with Crippen LogP contribution in [0.25, 0.3) is 0 Å². The van der Waals surface area contributed by atoms with Crippen molar-refractivity contribution in [2.75, 3.05) is 11.9 Å². The summed E-state index contributed by atoms with van der Waals surface area (Å²) in [5.74, 6) is -0.686. The fourth-order valence-corrected chi connectivity index (χ4v) is 1.90. The second-order valence-electron chi connectivity index (χ2n) is 4.18. The van der Waals surface area contributed by atoms with Crippen LogP contribution in [0.4, 0.5) is 10.1 Å². The van der Waals surface area contributed by atoms with E-state index in [1.807, 2.05) is 24.3 Å². The molecule has 1 amide bonds. The topological polar surface area (TPSA) is 53.5 Å². The van der Waals surface area contributed by atoms with E-state index in [0.717, 1.165) is 9.26 Å². The average molecular weight is 397 g/mol. The largest absolute Gasteiger partial charge is 0.376 e. The number of hydrazone groups is 1. The molecule has 6 heteroatoms. The monoisotopic (exact) mass is 397 g/mol. The Labute approximate surface area is 135 Å². The van der Waals surface area contributed by atoms with Crippen molar-refractivity contribution in [1.29, 1.82) is 0 Å². The molecule has 2 aromatic carbocycles. The van der Waals surface area contributed by atoms with E-state index in [0.29, 0.717) is 5.56 Å². The quantitative estimate of drug-likeness (QED) is 0.463. The predicted molar refractivity (Wildman–Crippen MR) is 89.8 cm³/mol. The van der Waals surface area contributed by atoms with Gasteiger partial charge in [0.25, 0.3) is 5.91 Å². The summed E-state index contributed by atoms with van der Waals surface area (Å²) in [6.07, 6.45) is 1.28. The normalized spacial score (nSPS) is 10.6. The fourth-order valence-electron chi connectivity index (χ4n) is 1.54. The third-order valence-electron chi connectivity index (χ3n) is 2.60. The van der Waals surface area contributed by atoms with Crippen LogP contribution < -0.4 is 10.7 Å². The summed E-state index contributed by atoms with van der Waals surface area (Å²) in [6, 6.07) is 13.9. The third-order valence-corrected chi connectivity index (χ3v) is 3.31. The summed E-state index contributed by atoms with van der Waals surface area (Å²) in [5, 5.41) is 6.69. The van der Waals surface area contributed by atoms with Crippen LogP contribution in [0, 0.1) is 9.39 Å². The van der Waals surface area contributed by atoms with Crippen LogP contribution in [-0.2, 0) is 4.79 Å². The van der Waals surface area contributed by atoms with Crippen molar-refractivity contribution in [3.8, 4) is 0 Å². The van der Waals surface area contributed by atoms with Gasteiger partial charge in [-0.1, -0.05) is 18.2 Å². The number of rotatable bonds is 5. The Bertz CT molecular complexity index is 644. The summed E-state index contributed by atoms with van der Waals surface area (Å²) in [4.78, 5) is 11.6. The molecule has 0 aliphatic heterocycles. The molecule has 0 fully saturated rings. The second kappa shape index (κ2) is 7.72. The van der Waals surface area contributed by atoms with Crippen molar-refractivity contribution in [1.82, 2.24) is 5.43 Å². The first-order chi connectivity index (χ1) is 10.1. The lowest BCUT2D eigenvalue weighted by molar-refractivity contribution is -0.119. The highest BCUT2D eigenvalue weighted by Crippen LogP contribution is 2.10. The number of nitrogens with one attached hydrogen (secondary N) is 2. The number of carbonyl (C=O) groups excluding carboxylic acids is 1. The van der Waals surface area contributed by atoms with Crippen LogP contribution in [0.3, 0.4) is 0 Å². The molecule has 2 N–H and O–H groups in total. The summed E-state index contributed by atoms with van der Waals surface area (Å²) in [7, 11) is 0. The number of amides is 1. The predicted octanol–water partition coefficient (Wildman–Crippen LogP) is 2.99. The molecule has 4 nitrogen and oxygen atoms in total. The first-order valence-electron chi connectivity index (χ1n) is 6.21. The maximum absolute atomic E-state index is 13.3. The molecule has 0 unspecified atom stereocenters. The summed E-state index contributed by atoms with van der Waals surface area (Å²) < 4.78 is 14.4. The van der Waals surface area contributed by atoms with Gasteiger partial charge in [-0.05, 0) is 52.9 Å². The van der Waals surface area contributed by atoms with E-state index in [2.05, 4.69) is 38.4 Å². The number of halogens is 2. The molecule has 2 aromatic rings. The molecule has 0 saturated carbocycles. The Hall–Kier alpha value is -1.96.